The molecule has 0 radical (unpaired) electrons. The van der Waals surface area contributed by atoms with Crippen LogP contribution in [0.5, 0.6) is 0 Å². The van der Waals surface area contributed by atoms with Gasteiger partial charge < -0.3 is 25.5 Å². The summed E-state index contributed by atoms with van der Waals surface area (Å²) in [5, 5.41) is 3.19. The number of pyridine rings is 1. The Hall–Kier alpha value is -3.73. The van der Waals surface area contributed by atoms with Gasteiger partial charge in [0.1, 0.15) is 5.82 Å². The fourth-order valence-electron chi connectivity index (χ4n) is 3.68. The highest BCUT2D eigenvalue weighted by Gasteiger charge is 2.34. The summed E-state index contributed by atoms with van der Waals surface area (Å²) in [6.07, 6.45) is 2.73. The smallest absolute Gasteiger partial charge is 0.223 e. The maximum absolute atomic E-state index is 13.6. The largest absolute Gasteiger partial charge is 0.349 e. The fraction of sp³-hybridized carbons (Fsp3) is 0.280. The molecule has 1 fully saturated rings. The van der Waals surface area contributed by atoms with E-state index in [9.17, 15) is 4.39 Å². The molecule has 4 aromatic rings. The number of nitrogens with two attached hydrogens (primary N) is 1. The molecule has 0 atom stereocenters. The Morgan fingerprint density at radius 3 is 2.57 bits per heavy atom. The van der Waals surface area contributed by atoms with Crippen LogP contribution in [0, 0.1) is 11.2 Å². The number of rotatable bonds is 7. The zero-order valence-corrected chi connectivity index (χ0v) is 19.2. The number of nitrogens with one attached hydrogen (secondary N) is 2. The normalized spacial score (nSPS) is 20.0. The number of aromatic nitrogens is 5. The van der Waals surface area contributed by atoms with Crippen molar-refractivity contribution in [3.63, 3.8) is 0 Å². The highest BCUT2D eigenvalue weighted by molar-refractivity contribution is 5.77. The number of ether oxygens (including phenoxy) is 2. The number of aromatic amines is 1. The van der Waals surface area contributed by atoms with Crippen LogP contribution in [-0.4, -0.2) is 44.7 Å². The number of benzene rings is 1. The molecule has 1 aliphatic rings. The second-order valence-corrected chi connectivity index (χ2v) is 8.76. The molecule has 3 aromatic heterocycles. The molecule has 180 valence electrons. The van der Waals surface area contributed by atoms with Crippen molar-refractivity contribution >= 4 is 5.95 Å². The first-order valence-corrected chi connectivity index (χ1v) is 11.3. The van der Waals surface area contributed by atoms with Gasteiger partial charge in [0.05, 0.1) is 42.5 Å². The Morgan fingerprint density at radius 1 is 1.06 bits per heavy atom. The molecular formula is C25H26FN7O2. The van der Waals surface area contributed by atoms with E-state index in [1.54, 1.807) is 30.6 Å². The monoisotopic (exact) mass is 475 g/mol. The minimum atomic E-state index is -0.675. The minimum Gasteiger partial charge on any atom is -0.349 e. The number of anilines is 1. The van der Waals surface area contributed by atoms with Crippen LogP contribution in [0.2, 0.25) is 0 Å². The van der Waals surface area contributed by atoms with E-state index in [0.29, 0.717) is 55.2 Å². The number of imidazole rings is 1. The van der Waals surface area contributed by atoms with Gasteiger partial charge >= 0.3 is 0 Å². The molecule has 35 heavy (non-hydrogen) atoms. The predicted octanol–water partition coefficient (Wildman–Crippen LogP) is 3.69. The summed E-state index contributed by atoms with van der Waals surface area (Å²) >= 11 is 0. The average molecular weight is 476 g/mol. The molecule has 0 amide bonds. The summed E-state index contributed by atoms with van der Waals surface area (Å²) in [4.78, 5) is 21.4. The summed E-state index contributed by atoms with van der Waals surface area (Å²) in [6.45, 7) is 3.85. The average Bonchev–Trinajstić information content (AvgIpc) is 3.35. The van der Waals surface area contributed by atoms with Gasteiger partial charge in [0, 0.05) is 29.9 Å². The van der Waals surface area contributed by atoms with Crippen molar-refractivity contribution in [2.24, 2.45) is 11.1 Å². The van der Waals surface area contributed by atoms with Crippen LogP contribution >= 0.6 is 0 Å². The lowest BCUT2D eigenvalue weighted by Gasteiger charge is -2.35. The molecule has 1 aliphatic heterocycles. The molecule has 9 nitrogen and oxygen atoms in total. The molecule has 10 heteroatoms. The van der Waals surface area contributed by atoms with Crippen LogP contribution in [0.25, 0.3) is 22.6 Å². The Balaban J connectivity index is 1.46. The van der Waals surface area contributed by atoms with Gasteiger partial charge in [0.15, 0.2) is 5.82 Å². The van der Waals surface area contributed by atoms with E-state index >= 15 is 0 Å². The van der Waals surface area contributed by atoms with Crippen molar-refractivity contribution in [3.8, 4) is 22.6 Å². The van der Waals surface area contributed by atoms with Gasteiger partial charge in [-0.05, 0) is 42.5 Å². The molecule has 0 bridgehead atoms. The van der Waals surface area contributed by atoms with Crippen molar-refractivity contribution in [1.82, 2.24) is 24.9 Å². The SMILES string of the molecule is CC1(CN)COC(c2nc(-c3ccc(F)cc3)c(-c3ccnc(NCc4ccccn4)n3)[nH]2)OC1. The third kappa shape index (κ3) is 5.19. The first kappa shape index (κ1) is 23.0. The zero-order chi connectivity index (χ0) is 24.3. The van der Waals surface area contributed by atoms with E-state index < -0.39 is 6.29 Å². The molecule has 5 rings (SSSR count). The maximum atomic E-state index is 13.6. The van der Waals surface area contributed by atoms with E-state index in [-0.39, 0.29) is 11.2 Å². The van der Waals surface area contributed by atoms with Gasteiger partial charge in [-0.1, -0.05) is 13.0 Å². The molecule has 1 aromatic carbocycles. The van der Waals surface area contributed by atoms with E-state index in [4.69, 9.17) is 20.2 Å². The highest BCUT2D eigenvalue weighted by atomic mass is 19.1. The number of halogens is 1. The fourth-order valence-corrected chi connectivity index (χ4v) is 3.68. The summed E-state index contributed by atoms with van der Waals surface area (Å²) in [5.74, 6) is 0.618. The van der Waals surface area contributed by atoms with Gasteiger partial charge in [-0.25, -0.2) is 19.3 Å². The van der Waals surface area contributed by atoms with Crippen LogP contribution in [0.3, 0.4) is 0 Å². The molecule has 0 saturated carbocycles. The third-order valence-corrected chi connectivity index (χ3v) is 5.79. The van der Waals surface area contributed by atoms with Gasteiger partial charge in [-0.2, -0.15) is 0 Å². The number of hydrogen-bond donors (Lipinski definition) is 3. The van der Waals surface area contributed by atoms with E-state index in [0.717, 1.165) is 11.3 Å². The standard InChI is InChI=1S/C25H26FN7O2/c1-25(13-27)14-34-23(35-15-25)22-32-20(16-5-7-17(26)8-6-16)21(33-22)19-9-11-29-24(31-19)30-12-18-4-2-3-10-28-18/h2-11,23H,12-15,27H2,1H3,(H,32,33)(H,29,30,31). The summed E-state index contributed by atoms with van der Waals surface area (Å²) < 4.78 is 25.5. The second kappa shape index (κ2) is 9.87. The van der Waals surface area contributed by atoms with E-state index in [1.165, 1.54) is 12.1 Å². The summed E-state index contributed by atoms with van der Waals surface area (Å²) in [5.41, 5.74) is 9.07. The number of H-pyrrole nitrogens is 1. The second-order valence-electron chi connectivity index (χ2n) is 8.76. The summed E-state index contributed by atoms with van der Waals surface area (Å²) in [7, 11) is 0. The van der Waals surface area contributed by atoms with Crippen LogP contribution < -0.4 is 11.1 Å². The minimum absolute atomic E-state index is 0.244. The molecule has 0 spiro atoms. The molecule has 1 saturated heterocycles. The van der Waals surface area contributed by atoms with Crippen molar-refractivity contribution < 1.29 is 13.9 Å². The van der Waals surface area contributed by atoms with Gasteiger partial charge in [-0.3, -0.25) is 4.98 Å². The number of nitrogens with zero attached hydrogens (tertiary/aromatic N) is 4. The lowest BCUT2D eigenvalue weighted by molar-refractivity contribution is -0.231. The Bertz CT molecular complexity index is 1270. The maximum Gasteiger partial charge on any atom is 0.223 e. The van der Waals surface area contributed by atoms with Crippen molar-refractivity contribution in [1.29, 1.82) is 0 Å². The molecule has 4 N–H and O–H groups in total. The van der Waals surface area contributed by atoms with Crippen LogP contribution in [0.1, 0.15) is 24.7 Å². The van der Waals surface area contributed by atoms with Gasteiger partial charge in [0.2, 0.25) is 12.2 Å². The van der Waals surface area contributed by atoms with E-state index in [2.05, 4.69) is 25.3 Å². The van der Waals surface area contributed by atoms with Gasteiger partial charge in [0.25, 0.3) is 0 Å². The van der Waals surface area contributed by atoms with Crippen molar-refractivity contribution in [2.45, 2.75) is 19.8 Å². The topological polar surface area (TPSA) is 124 Å². The lowest BCUT2D eigenvalue weighted by atomic mass is 9.93. The summed E-state index contributed by atoms with van der Waals surface area (Å²) in [6, 6.07) is 13.6. The molecule has 4 heterocycles. The lowest BCUT2D eigenvalue weighted by Crippen LogP contribution is -2.42. The zero-order valence-electron chi connectivity index (χ0n) is 19.2. The quantitative estimate of drug-likeness (QED) is 0.370. The van der Waals surface area contributed by atoms with Crippen LogP contribution in [-0.2, 0) is 16.0 Å². The highest BCUT2D eigenvalue weighted by Crippen LogP contribution is 2.35. The van der Waals surface area contributed by atoms with Crippen molar-refractivity contribution in [2.75, 3.05) is 25.1 Å². The molecular weight excluding hydrogens is 449 g/mol. The Labute approximate surface area is 202 Å². The predicted molar refractivity (Wildman–Crippen MR) is 128 cm³/mol. The van der Waals surface area contributed by atoms with Crippen molar-refractivity contribution in [3.05, 3.63) is 78.3 Å². The Kier molecular flexibility index (Phi) is 6.49. The van der Waals surface area contributed by atoms with E-state index in [1.807, 2.05) is 25.1 Å². The molecule has 0 aliphatic carbocycles. The number of hydrogen-bond acceptors (Lipinski definition) is 8. The first-order valence-electron chi connectivity index (χ1n) is 11.3. The van der Waals surface area contributed by atoms with Crippen LogP contribution in [0.4, 0.5) is 10.3 Å². The Morgan fingerprint density at radius 2 is 1.86 bits per heavy atom. The first-order chi connectivity index (χ1) is 17.0. The molecule has 0 unspecified atom stereocenters. The third-order valence-electron chi connectivity index (χ3n) is 5.79. The van der Waals surface area contributed by atoms with Crippen LogP contribution in [0.15, 0.2) is 60.9 Å². The van der Waals surface area contributed by atoms with Gasteiger partial charge in [-0.15, -0.1) is 0 Å².